The highest BCUT2D eigenvalue weighted by molar-refractivity contribution is 5.81. The van der Waals surface area contributed by atoms with Crippen molar-refractivity contribution in [2.24, 2.45) is 5.73 Å². The van der Waals surface area contributed by atoms with E-state index >= 15 is 0 Å². The predicted octanol–water partition coefficient (Wildman–Crippen LogP) is -0.0124. The molecule has 1 saturated heterocycles. The first-order valence-electron chi connectivity index (χ1n) is 5.79. The summed E-state index contributed by atoms with van der Waals surface area (Å²) < 4.78 is 10.3. The standard InChI is InChI=1S/C11H22N2O3/c1-9(12)11(14)13(5-8-15-2)10-3-6-16-7-4-10/h9-10H,3-8,12H2,1-2H3. The first-order chi connectivity index (χ1) is 7.66. The number of nitrogens with two attached hydrogens (primary N) is 1. The Bertz CT molecular complexity index is 215. The highest BCUT2D eigenvalue weighted by Gasteiger charge is 2.26. The second-order valence-electron chi connectivity index (χ2n) is 4.16. The molecule has 16 heavy (non-hydrogen) atoms. The molecular weight excluding hydrogens is 208 g/mol. The van der Waals surface area contributed by atoms with E-state index < -0.39 is 6.04 Å². The molecule has 94 valence electrons. The molecule has 1 atom stereocenters. The molecule has 2 N–H and O–H groups in total. The van der Waals surface area contributed by atoms with Crippen molar-refractivity contribution in [3.63, 3.8) is 0 Å². The minimum Gasteiger partial charge on any atom is -0.383 e. The van der Waals surface area contributed by atoms with E-state index in [-0.39, 0.29) is 11.9 Å². The number of hydrogen-bond donors (Lipinski definition) is 1. The third kappa shape index (κ3) is 3.73. The Morgan fingerprint density at radius 3 is 2.69 bits per heavy atom. The number of rotatable bonds is 5. The third-order valence-electron chi connectivity index (χ3n) is 2.84. The maximum Gasteiger partial charge on any atom is 0.239 e. The van der Waals surface area contributed by atoms with Crippen molar-refractivity contribution in [3.05, 3.63) is 0 Å². The lowest BCUT2D eigenvalue weighted by Gasteiger charge is -2.35. The van der Waals surface area contributed by atoms with Crippen molar-refractivity contribution in [1.29, 1.82) is 0 Å². The van der Waals surface area contributed by atoms with Crippen LogP contribution in [-0.2, 0) is 14.3 Å². The molecule has 1 aliphatic heterocycles. The molecule has 0 saturated carbocycles. The maximum absolute atomic E-state index is 12.0. The van der Waals surface area contributed by atoms with Gasteiger partial charge in [0.05, 0.1) is 12.6 Å². The Morgan fingerprint density at radius 1 is 1.56 bits per heavy atom. The van der Waals surface area contributed by atoms with Gasteiger partial charge in [0, 0.05) is 32.9 Å². The molecule has 0 aromatic carbocycles. The van der Waals surface area contributed by atoms with Gasteiger partial charge in [-0.15, -0.1) is 0 Å². The van der Waals surface area contributed by atoms with Crippen LogP contribution in [0.3, 0.4) is 0 Å². The van der Waals surface area contributed by atoms with Crippen LogP contribution in [0.4, 0.5) is 0 Å². The molecule has 1 amide bonds. The van der Waals surface area contributed by atoms with Crippen LogP contribution in [0.2, 0.25) is 0 Å². The SMILES string of the molecule is COCCN(C(=O)C(C)N)C1CCOCC1. The molecule has 0 radical (unpaired) electrons. The van der Waals surface area contributed by atoms with E-state index in [1.165, 1.54) is 0 Å². The third-order valence-corrected chi connectivity index (χ3v) is 2.84. The zero-order chi connectivity index (χ0) is 12.0. The summed E-state index contributed by atoms with van der Waals surface area (Å²) in [5.74, 6) is 0.00366. The quantitative estimate of drug-likeness (QED) is 0.721. The summed E-state index contributed by atoms with van der Waals surface area (Å²) in [5, 5.41) is 0. The molecule has 1 rings (SSSR count). The van der Waals surface area contributed by atoms with E-state index in [0.29, 0.717) is 13.2 Å². The highest BCUT2D eigenvalue weighted by atomic mass is 16.5. The minimum absolute atomic E-state index is 0.00366. The molecular formula is C11H22N2O3. The van der Waals surface area contributed by atoms with Crippen LogP contribution in [0.15, 0.2) is 0 Å². The van der Waals surface area contributed by atoms with E-state index in [0.717, 1.165) is 26.1 Å². The second kappa shape index (κ2) is 6.83. The molecule has 5 nitrogen and oxygen atoms in total. The van der Waals surface area contributed by atoms with E-state index in [9.17, 15) is 4.79 Å². The van der Waals surface area contributed by atoms with Crippen LogP contribution >= 0.6 is 0 Å². The fourth-order valence-electron chi connectivity index (χ4n) is 1.92. The smallest absolute Gasteiger partial charge is 0.239 e. The molecule has 0 aromatic heterocycles. The topological polar surface area (TPSA) is 64.8 Å². The Morgan fingerprint density at radius 2 is 2.19 bits per heavy atom. The minimum atomic E-state index is -0.445. The number of carbonyl (C=O) groups excluding carboxylic acids is 1. The van der Waals surface area contributed by atoms with E-state index in [4.69, 9.17) is 15.2 Å². The largest absolute Gasteiger partial charge is 0.383 e. The van der Waals surface area contributed by atoms with Crippen LogP contribution < -0.4 is 5.73 Å². The summed E-state index contributed by atoms with van der Waals surface area (Å²) in [4.78, 5) is 13.8. The fraction of sp³-hybridized carbons (Fsp3) is 0.909. The molecule has 1 unspecified atom stereocenters. The van der Waals surface area contributed by atoms with Crippen molar-refractivity contribution in [1.82, 2.24) is 4.90 Å². The summed E-state index contributed by atoms with van der Waals surface area (Å²) in [5.41, 5.74) is 5.65. The predicted molar refractivity (Wildman–Crippen MR) is 61.1 cm³/mol. The van der Waals surface area contributed by atoms with Crippen molar-refractivity contribution in [3.8, 4) is 0 Å². The Kier molecular flexibility index (Phi) is 5.73. The van der Waals surface area contributed by atoms with Crippen molar-refractivity contribution in [2.45, 2.75) is 31.8 Å². The van der Waals surface area contributed by atoms with Crippen LogP contribution in [0.5, 0.6) is 0 Å². The zero-order valence-electron chi connectivity index (χ0n) is 10.1. The molecule has 1 heterocycles. The van der Waals surface area contributed by atoms with E-state index in [1.807, 2.05) is 4.90 Å². The van der Waals surface area contributed by atoms with Gasteiger partial charge < -0.3 is 20.1 Å². The van der Waals surface area contributed by atoms with Crippen LogP contribution in [0, 0.1) is 0 Å². The van der Waals surface area contributed by atoms with Gasteiger partial charge >= 0.3 is 0 Å². The molecule has 1 aliphatic rings. The molecule has 1 fully saturated rings. The summed E-state index contributed by atoms with van der Waals surface area (Å²) in [7, 11) is 1.64. The first kappa shape index (κ1) is 13.4. The highest BCUT2D eigenvalue weighted by Crippen LogP contribution is 2.15. The molecule has 0 aromatic rings. The lowest BCUT2D eigenvalue weighted by molar-refractivity contribution is -0.137. The van der Waals surface area contributed by atoms with E-state index in [1.54, 1.807) is 14.0 Å². The van der Waals surface area contributed by atoms with Gasteiger partial charge in [-0.3, -0.25) is 4.79 Å². The number of amides is 1. The average molecular weight is 230 g/mol. The number of ether oxygens (including phenoxy) is 2. The number of carbonyl (C=O) groups is 1. The van der Waals surface area contributed by atoms with Gasteiger partial charge in [-0.1, -0.05) is 0 Å². The lowest BCUT2D eigenvalue weighted by atomic mass is 10.1. The van der Waals surface area contributed by atoms with Crippen molar-refractivity contribution >= 4 is 5.91 Å². The lowest BCUT2D eigenvalue weighted by Crippen LogP contribution is -2.50. The molecule has 5 heteroatoms. The van der Waals surface area contributed by atoms with E-state index in [2.05, 4.69) is 0 Å². The van der Waals surface area contributed by atoms with Gasteiger partial charge in [-0.2, -0.15) is 0 Å². The first-order valence-corrected chi connectivity index (χ1v) is 5.79. The molecule has 0 spiro atoms. The average Bonchev–Trinajstić information content (AvgIpc) is 2.30. The van der Waals surface area contributed by atoms with Crippen molar-refractivity contribution in [2.75, 3.05) is 33.5 Å². The summed E-state index contributed by atoms with van der Waals surface area (Å²) in [6, 6.07) is -0.192. The fourth-order valence-corrected chi connectivity index (χ4v) is 1.92. The molecule has 0 bridgehead atoms. The number of hydrogen-bond acceptors (Lipinski definition) is 4. The Labute approximate surface area is 96.9 Å². The van der Waals surface area contributed by atoms with Crippen LogP contribution in [-0.4, -0.2) is 56.4 Å². The summed E-state index contributed by atoms with van der Waals surface area (Å²) >= 11 is 0. The monoisotopic (exact) mass is 230 g/mol. The van der Waals surface area contributed by atoms with Crippen LogP contribution in [0.1, 0.15) is 19.8 Å². The van der Waals surface area contributed by atoms with Gasteiger partial charge in [0.15, 0.2) is 0 Å². The number of nitrogens with zero attached hydrogens (tertiary/aromatic N) is 1. The Hall–Kier alpha value is -0.650. The van der Waals surface area contributed by atoms with Gasteiger partial charge in [-0.25, -0.2) is 0 Å². The van der Waals surface area contributed by atoms with Crippen LogP contribution in [0.25, 0.3) is 0 Å². The Balaban J connectivity index is 2.57. The summed E-state index contributed by atoms with van der Waals surface area (Å²) in [6.07, 6.45) is 1.78. The van der Waals surface area contributed by atoms with Crippen molar-refractivity contribution < 1.29 is 14.3 Å². The van der Waals surface area contributed by atoms with Gasteiger partial charge in [0.25, 0.3) is 0 Å². The summed E-state index contributed by atoms with van der Waals surface area (Å²) in [6.45, 7) is 4.33. The molecule has 0 aliphatic carbocycles. The number of methoxy groups -OCH3 is 1. The van der Waals surface area contributed by atoms with Gasteiger partial charge in [0.2, 0.25) is 5.91 Å². The van der Waals surface area contributed by atoms with Gasteiger partial charge in [-0.05, 0) is 19.8 Å². The normalized spacial score (nSPS) is 19.4. The second-order valence-corrected chi connectivity index (χ2v) is 4.16. The zero-order valence-corrected chi connectivity index (χ0v) is 10.1. The van der Waals surface area contributed by atoms with Gasteiger partial charge in [0.1, 0.15) is 0 Å². The maximum atomic E-state index is 12.0.